The molecular weight excluding hydrogens is 312 g/mol. The van der Waals surface area contributed by atoms with Crippen LogP contribution in [0.1, 0.15) is 19.3 Å². The van der Waals surface area contributed by atoms with Gasteiger partial charge < -0.3 is 15.4 Å². The van der Waals surface area contributed by atoms with Crippen molar-refractivity contribution < 1.29 is 9.53 Å². The average Bonchev–Trinajstić information content (AvgIpc) is 2.57. The van der Waals surface area contributed by atoms with Crippen LogP contribution in [0.5, 0.6) is 11.5 Å². The number of hydrogen-bond donors (Lipinski definition) is 2. The summed E-state index contributed by atoms with van der Waals surface area (Å²) in [6.07, 6.45) is 3.14. The van der Waals surface area contributed by atoms with Crippen LogP contribution in [0.25, 0.3) is 0 Å². The molecule has 1 amide bonds. The summed E-state index contributed by atoms with van der Waals surface area (Å²) >= 11 is 0. The molecule has 0 saturated carbocycles. The van der Waals surface area contributed by atoms with E-state index in [-0.39, 0.29) is 24.4 Å². The fraction of sp³-hybridized carbons (Fsp3) is 0.278. The van der Waals surface area contributed by atoms with E-state index in [0.29, 0.717) is 5.75 Å². The van der Waals surface area contributed by atoms with E-state index < -0.39 is 0 Å². The molecule has 1 aliphatic heterocycles. The Morgan fingerprint density at radius 1 is 1.04 bits per heavy atom. The van der Waals surface area contributed by atoms with Crippen molar-refractivity contribution >= 4 is 24.0 Å². The first kappa shape index (κ1) is 17.3. The Labute approximate surface area is 142 Å². The zero-order valence-electron chi connectivity index (χ0n) is 12.8. The fourth-order valence-corrected chi connectivity index (χ4v) is 2.57. The second kappa shape index (κ2) is 8.56. The van der Waals surface area contributed by atoms with Gasteiger partial charge in [0.05, 0.1) is 6.04 Å². The highest BCUT2D eigenvalue weighted by atomic mass is 35.5. The fourth-order valence-electron chi connectivity index (χ4n) is 2.57. The number of carbonyl (C=O) groups is 1. The number of benzene rings is 2. The molecule has 3 rings (SSSR count). The quantitative estimate of drug-likeness (QED) is 0.890. The van der Waals surface area contributed by atoms with E-state index in [1.807, 2.05) is 54.6 Å². The third-order valence-corrected chi connectivity index (χ3v) is 3.71. The largest absolute Gasteiger partial charge is 0.457 e. The Bertz CT molecular complexity index is 628. The lowest BCUT2D eigenvalue weighted by Crippen LogP contribution is -2.43. The maximum Gasteiger partial charge on any atom is 0.241 e. The van der Waals surface area contributed by atoms with Gasteiger partial charge in [0.1, 0.15) is 11.5 Å². The van der Waals surface area contributed by atoms with Crippen molar-refractivity contribution in [3.05, 3.63) is 54.6 Å². The Kier molecular flexibility index (Phi) is 6.44. The summed E-state index contributed by atoms with van der Waals surface area (Å²) in [6, 6.07) is 17.0. The van der Waals surface area contributed by atoms with Crippen molar-refractivity contribution in [2.24, 2.45) is 0 Å². The smallest absolute Gasteiger partial charge is 0.241 e. The monoisotopic (exact) mass is 332 g/mol. The highest BCUT2D eigenvalue weighted by Gasteiger charge is 2.20. The van der Waals surface area contributed by atoms with E-state index in [2.05, 4.69) is 10.6 Å². The van der Waals surface area contributed by atoms with Gasteiger partial charge in [-0.2, -0.15) is 0 Å². The van der Waals surface area contributed by atoms with E-state index in [1.54, 1.807) is 0 Å². The third kappa shape index (κ3) is 4.98. The summed E-state index contributed by atoms with van der Waals surface area (Å²) in [7, 11) is 0. The normalized spacial score (nSPS) is 17.0. The van der Waals surface area contributed by atoms with Crippen LogP contribution in [0.2, 0.25) is 0 Å². The van der Waals surface area contributed by atoms with E-state index >= 15 is 0 Å². The Morgan fingerprint density at radius 3 is 2.57 bits per heavy atom. The zero-order chi connectivity index (χ0) is 15.2. The summed E-state index contributed by atoms with van der Waals surface area (Å²) < 4.78 is 5.78. The van der Waals surface area contributed by atoms with Crippen LogP contribution in [0.15, 0.2) is 54.6 Å². The highest BCUT2D eigenvalue weighted by molar-refractivity contribution is 5.95. The molecule has 1 heterocycles. The number of amides is 1. The first-order valence-corrected chi connectivity index (χ1v) is 7.68. The lowest BCUT2D eigenvalue weighted by atomic mass is 10.0. The van der Waals surface area contributed by atoms with Crippen molar-refractivity contribution in [3.8, 4) is 11.5 Å². The van der Waals surface area contributed by atoms with Crippen molar-refractivity contribution in [2.75, 3.05) is 11.9 Å². The van der Waals surface area contributed by atoms with Crippen LogP contribution >= 0.6 is 12.4 Å². The van der Waals surface area contributed by atoms with Crippen LogP contribution in [0.4, 0.5) is 5.69 Å². The molecule has 0 aliphatic carbocycles. The van der Waals surface area contributed by atoms with Gasteiger partial charge in [-0.05, 0) is 43.7 Å². The molecule has 2 N–H and O–H groups in total. The van der Waals surface area contributed by atoms with Crippen LogP contribution in [0.3, 0.4) is 0 Å². The molecule has 0 unspecified atom stereocenters. The summed E-state index contributed by atoms with van der Waals surface area (Å²) in [4.78, 5) is 12.2. The minimum absolute atomic E-state index is 0. The Balaban J connectivity index is 0.00000192. The predicted octanol–water partition coefficient (Wildman–Crippen LogP) is 3.98. The maximum absolute atomic E-state index is 12.2. The molecule has 0 bridgehead atoms. The molecule has 0 radical (unpaired) electrons. The number of halogens is 1. The van der Waals surface area contributed by atoms with Crippen molar-refractivity contribution in [2.45, 2.75) is 25.3 Å². The zero-order valence-corrected chi connectivity index (χ0v) is 13.6. The standard InChI is InChI=1S/C18H20N2O2.ClH/c21-18(17-11-4-5-12-19-17)20-14-7-6-10-16(13-14)22-15-8-2-1-3-9-15;/h1-3,6-10,13,17,19H,4-5,11-12H2,(H,20,21);1H/t17-;/m1./s1. The molecule has 2 aromatic carbocycles. The van der Waals surface area contributed by atoms with E-state index in [4.69, 9.17) is 4.74 Å². The number of carbonyl (C=O) groups excluding carboxylic acids is 1. The molecule has 1 aliphatic rings. The molecule has 1 saturated heterocycles. The van der Waals surface area contributed by atoms with E-state index in [0.717, 1.165) is 37.2 Å². The number of piperidine rings is 1. The molecule has 2 aromatic rings. The summed E-state index contributed by atoms with van der Waals surface area (Å²) in [6.45, 7) is 0.912. The average molecular weight is 333 g/mol. The minimum Gasteiger partial charge on any atom is -0.457 e. The Hall–Kier alpha value is -2.04. The molecule has 0 spiro atoms. The number of nitrogens with one attached hydrogen (secondary N) is 2. The summed E-state index contributed by atoms with van der Waals surface area (Å²) in [5, 5.41) is 6.21. The topological polar surface area (TPSA) is 50.4 Å². The molecule has 1 fully saturated rings. The number of hydrogen-bond acceptors (Lipinski definition) is 3. The van der Waals surface area contributed by atoms with Gasteiger partial charge in [0.2, 0.25) is 5.91 Å². The van der Waals surface area contributed by atoms with Gasteiger partial charge in [0, 0.05) is 11.8 Å². The van der Waals surface area contributed by atoms with Gasteiger partial charge in [0.15, 0.2) is 0 Å². The molecule has 122 valence electrons. The van der Waals surface area contributed by atoms with Gasteiger partial charge in [-0.25, -0.2) is 0 Å². The van der Waals surface area contributed by atoms with Gasteiger partial charge >= 0.3 is 0 Å². The maximum atomic E-state index is 12.2. The number of anilines is 1. The molecule has 4 nitrogen and oxygen atoms in total. The summed E-state index contributed by atoms with van der Waals surface area (Å²) in [5.74, 6) is 1.51. The van der Waals surface area contributed by atoms with E-state index in [9.17, 15) is 4.79 Å². The van der Waals surface area contributed by atoms with E-state index in [1.165, 1.54) is 0 Å². The van der Waals surface area contributed by atoms with Gasteiger partial charge in [0.25, 0.3) is 0 Å². The Morgan fingerprint density at radius 2 is 1.83 bits per heavy atom. The van der Waals surface area contributed by atoms with Crippen LogP contribution in [-0.4, -0.2) is 18.5 Å². The van der Waals surface area contributed by atoms with Crippen molar-refractivity contribution in [3.63, 3.8) is 0 Å². The first-order valence-electron chi connectivity index (χ1n) is 7.68. The second-order valence-corrected chi connectivity index (χ2v) is 5.43. The number of para-hydroxylation sites is 1. The van der Waals surface area contributed by atoms with Crippen LogP contribution in [0, 0.1) is 0 Å². The third-order valence-electron chi connectivity index (χ3n) is 3.71. The van der Waals surface area contributed by atoms with Crippen molar-refractivity contribution in [1.29, 1.82) is 0 Å². The molecule has 1 atom stereocenters. The highest BCUT2D eigenvalue weighted by Crippen LogP contribution is 2.24. The number of rotatable bonds is 4. The van der Waals surface area contributed by atoms with Gasteiger partial charge in [-0.1, -0.05) is 30.7 Å². The summed E-state index contributed by atoms with van der Waals surface area (Å²) in [5.41, 5.74) is 0.755. The SMILES string of the molecule is Cl.O=C(Nc1cccc(Oc2ccccc2)c1)[C@H]1CCCCN1. The molecule has 23 heavy (non-hydrogen) atoms. The van der Waals surface area contributed by atoms with Crippen molar-refractivity contribution in [1.82, 2.24) is 5.32 Å². The molecule has 5 heteroatoms. The minimum atomic E-state index is -0.0903. The van der Waals surface area contributed by atoms with Gasteiger partial charge in [-0.3, -0.25) is 4.79 Å². The predicted molar refractivity (Wildman–Crippen MR) is 94.5 cm³/mol. The van der Waals surface area contributed by atoms with Gasteiger partial charge in [-0.15, -0.1) is 12.4 Å². The molecular formula is C18H21ClN2O2. The lowest BCUT2D eigenvalue weighted by Gasteiger charge is -2.22. The van der Waals surface area contributed by atoms with Crippen LogP contribution in [-0.2, 0) is 4.79 Å². The first-order chi connectivity index (χ1) is 10.8. The number of ether oxygens (including phenoxy) is 1. The lowest BCUT2D eigenvalue weighted by molar-refractivity contribution is -0.118. The second-order valence-electron chi connectivity index (χ2n) is 5.43. The van der Waals surface area contributed by atoms with Crippen LogP contribution < -0.4 is 15.4 Å². The molecule has 0 aromatic heterocycles.